The third-order valence-corrected chi connectivity index (χ3v) is 1.99. The Kier molecular flexibility index (Phi) is 4.01. The van der Waals surface area contributed by atoms with Crippen molar-refractivity contribution in [2.45, 2.75) is 0 Å². The second-order valence-corrected chi connectivity index (χ2v) is 2.95. The smallest absolute Gasteiger partial charge is 0.201 e. The third-order valence-electron chi connectivity index (χ3n) is 1.48. The molecule has 0 aliphatic heterocycles. The Morgan fingerprint density at radius 2 is 1.00 bits per heavy atom. The first-order valence-corrected chi connectivity index (χ1v) is 4.80. The van der Waals surface area contributed by atoms with Gasteiger partial charge in [0.15, 0.2) is 23.3 Å². The van der Waals surface area contributed by atoms with Crippen molar-refractivity contribution in [3.8, 4) is 0 Å². The van der Waals surface area contributed by atoms with E-state index in [9.17, 15) is 26.0 Å². The van der Waals surface area contributed by atoms with Crippen molar-refractivity contribution in [1.29, 1.82) is 0 Å². The van der Waals surface area contributed by atoms with Crippen LogP contribution in [0.2, 0.25) is 0 Å². The van der Waals surface area contributed by atoms with Gasteiger partial charge in [-0.05, 0) is 0 Å². The molecule has 1 aromatic carbocycles. The number of hydrogen-bond acceptors (Lipinski definition) is 4. The minimum Gasteiger partial charge on any atom is -0.201 e. The lowest BCUT2D eigenvalue weighted by Gasteiger charge is -2.03. The van der Waals surface area contributed by atoms with Crippen LogP contribution in [0.3, 0.4) is 0 Å². The van der Waals surface area contributed by atoms with Gasteiger partial charge in [0.25, 0.3) is 0 Å². The van der Waals surface area contributed by atoms with Crippen molar-refractivity contribution in [3.63, 3.8) is 0 Å². The molecule has 0 atom stereocenters. The van der Waals surface area contributed by atoms with Gasteiger partial charge in [0, 0.05) is 0 Å². The Bertz CT molecular complexity index is 503. The average Bonchev–Trinajstić information content (AvgIpc) is 2.28. The number of rotatable bonds is 2. The van der Waals surface area contributed by atoms with Crippen LogP contribution in [0, 0.1) is 23.3 Å². The first-order chi connectivity index (χ1) is 7.54. The van der Waals surface area contributed by atoms with Gasteiger partial charge >= 0.3 is 0 Å². The van der Waals surface area contributed by atoms with Gasteiger partial charge < -0.3 is 0 Å². The molecule has 0 N–H and O–H groups in total. The molecular formula is C6F4N2O2S2. The molecule has 1 aromatic rings. The zero-order valence-electron chi connectivity index (χ0n) is 7.04. The summed E-state index contributed by atoms with van der Waals surface area (Å²) in [5.41, 5.74) is -2.28. The maximum Gasteiger partial charge on any atom is 0.205 e. The van der Waals surface area contributed by atoms with E-state index < -0.39 is 57.6 Å². The number of hydrogen-bond donors (Lipinski definition) is 0. The minimum absolute atomic E-state index is 0.560. The normalized spacial score (nSPS) is 9.75. The van der Waals surface area contributed by atoms with E-state index in [1.165, 1.54) is 0 Å². The monoisotopic (exact) mass is 272 g/mol. The first kappa shape index (κ1) is 12.6. The summed E-state index contributed by atoms with van der Waals surface area (Å²) in [6, 6.07) is 0. The lowest BCUT2D eigenvalue weighted by atomic mass is 10.2. The molecule has 0 bridgehead atoms. The van der Waals surface area contributed by atoms with Gasteiger partial charge in [-0.15, -0.1) is 0 Å². The van der Waals surface area contributed by atoms with Gasteiger partial charge in [0.1, 0.15) is 11.4 Å². The van der Waals surface area contributed by atoms with E-state index in [1.807, 2.05) is 0 Å². The molecule has 86 valence electrons. The van der Waals surface area contributed by atoms with Gasteiger partial charge in [-0.1, -0.05) is 0 Å². The molecule has 0 radical (unpaired) electrons. The third kappa shape index (κ3) is 2.07. The fraction of sp³-hybridized carbons (Fsp3) is 0. The van der Waals surface area contributed by atoms with Crippen LogP contribution in [-0.4, -0.2) is 8.42 Å². The number of nitrogens with zero attached hydrogens (tertiary/aromatic N) is 2. The largest absolute Gasteiger partial charge is 0.205 e. The highest BCUT2D eigenvalue weighted by Crippen LogP contribution is 2.36. The van der Waals surface area contributed by atoms with E-state index in [0.717, 1.165) is 0 Å². The van der Waals surface area contributed by atoms with Gasteiger partial charge in [-0.3, -0.25) is 0 Å². The lowest BCUT2D eigenvalue weighted by molar-refractivity contribution is 0.412. The summed E-state index contributed by atoms with van der Waals surface area (Å²) >= 11 is -1.12. The van der Waals surface area contributed by atoms with Crippen molar-refractivity contribution in [2.75, 3.05) is 0 Å². The highest BCUT2D eigenvalue weighted by Gasteiger charge is 2.25. The summed E-state index contributed by atoms with van der Waals surface area (Å²) in [5.74, 6) is -8.01. The van der Waals surface area contributed by atoms with E-state index in [-0.39, 0.29) is 0 Å². The van der Waals surface area contributed by atoms with E-state index >= 15 is 0 Å². The first-order valence-electron chi connectivity index (χ1n) is 3.40. The average molecular weight is 272 g/mol. The summed E-state index contributed by atoms with van der Waals surface area (Å²) in [6.07, 6.45) is 0. The molecule has 0 fully saturated rings. The second-order valence-electron chi connectivity index (χ2n) is 2.28. The molecule has 0 aliphatic rings. The van der Waals surface area contributed by atoms with Crippen molar-refractivity contribution in [2.24, 2.45) is 8.73 Å². The van der Waals surface area contributed by atoms with Crippen molar-refractivity contribution in [1.82, 2.24) is 0 Å². The molecule has 0 aromatic heterocycles. The maximum absolute atomic E-state index is 13.0. The second kappa shape index (κ2) is 5.07. The van der Waals surface area contributed by atoms with Crippen LogP contribution in [0.25, 0.3) is 0 Å². The predicted molar refractivity (Wildman–Crippen MR) is 46.7 cm³/mol. The number of benzene rings is 1. The van der Waals surface area contributed by atoms with Crippen LogP contribution in [0.1, 0.15) is 0 Å². The standard InChI is InChI=1S/C6F4N2O2S2/c7-1-2(8)4(10)6(12-16-14)5(3(1)9)11-15-13. The van der Waals surface area contributed by atoms with Gasteiger partial charge in [0.05, 0.1) is 0 Å². The predicted octanol–water partition coefficient (Wildman–Crippen LogP) is 2.30. The minimum atomic E-state index is -2.12. The fourth-order valence-corrected chi connectivity index (χ4v) is 1.33. The van der Waals surface area contributed by atoms with E-state index in [2.05, 4.69) is 8.73 Å². The summed E-state index contributed by atoms with van der Waals surface area (Å²) in [5, 5.41) is 0. The molecule has 4 nitrogen and oxygen atoms in total. The summed E-state index contributed by atoms with van der Waals surface area (Å²) < 4.78 is 77.1. The summed E-state index contributed by atoms with van der Waals surface area (Å²) in [4.78, 5) is 0. The quantitative estimate of drug-likeness (QED) is 0.471. The molecular weight excluding hydrogens is 272 g/mol. The molecule has 1 rings (SSSR count). The van der Waals surface area contributed by atoms with Crippen LogP contribution >= 0.6 is 0 Å². The molecule has 16 heavy (non-hydrogen) atoms. The van der Waals surface area contributed by atoms with Crippen LogP contribution in [-0.2, 0) is 22.9 Å². The zero-order chi connectivity index (χ0) is 12.3. The fourth-order valence-electron chi connectivity index (χ4n) is 0.850. The highest BCUT2D eigenvalue weighted by molar-refractivity contribution is 7.55. The SMILES string of the molecule is O=S=Nc1c(F)c(F)c(F)c(F)c1N=S=O. The maximum atomic E-state index is 13.0. The van der Waals surface area contributed by atoms with Gasteiger partial charge in [-0.25, -0.2) is 17.6 Å². The highest BCUT2D eigenvalue weighted by atomic mass is 32.1. The molecule has 0 spiro atoms. The Labute approximate surface area is 92.8 Å². The van der Waals surface area contributed by atoms with Crippen LogP contribution in [0.4, 0.5) is 28.9 Å². The molecule has 0 aliphatic carbocycles. The summed E-state index contributed by atoms with van der Waals surface area (Å²) in [7, 11) is 0. The number of halogens is 4. The van der Waals surface area contributed by atoms with Crippen molar-refractivity contribution in [3.05, 3.63) is 23.3 Å². The zero-order valence-corrected chi connectivity index (χ0v) is 8.67. The van der Waals surface area contributed by atoms with Crippen molar-refractivity contribution >= 4 is 34.3 Å². The van der Waals surface area contributed by atoms with Gasteiger partial charge in [0.2, 0.25) is 22.9 Å². The Hall–Kier alpha value is -1.42. The molecule has 0 saturated carbocycles. The molecule has 0 amide bonds. The van der Waals surface area contributed by atoms with Crippen LogP contribution < -0.4 is 0 Å². The van der Waals surface area contributed by atoms with E-state index in [1.54, 1.807) is 0 Å². The lowest BCUT2D eigenvalue weighted by Crippen LogP contribution is -1.96. The Morgan fingerprint density at radius 1 is 0.688 bits per heavy atom. The van der Waals surface area contributed by atoms with E-state index in [0.29, 0.717) is 0 Å². The molecule has 10 heteroatoms. The Balaban J connectivity index is 3.81. The summed E-state index contributed by atoms with van der Waals surface area (Å²) in [6.45, 7) is 0. The van der Waals surface area contributed by atoms with Crippen LogP contribution in [0.5, 0.6) is 0 Å². The van der Waals surface area contributed by atoms with Crippen LogP contribution in [0.15, 0.2) is 8.73 Å². The Morgan fingerprint density at radius 3 is 1.25 bits per heavy atom. The van der Waals surface area contributed by atoms with Gasteiger partial charge in [-0.2, -0.15) is 17.1 Å². The van der Waals surface area contributed by atoms with E-state index in [4.69, 9.17) is 0 Å². The molecule has 0 unspecified atom stereocenters. The topological polar surface area (TPSA) is 58.9 Å². The molecule has 0 heterocycles. The van der Waals surface area contributed by atoms with Crippen molar-refractivity contribution < 1.29 is 26.0 Å². The molecule has 0 saturated heterocycles.